The van der Waals surface area contributed by atoms with Gasteiger partial charge in [0.1, 0.15) is 10.4 Å². The zero-order chi connectivity index (χ0) is 9.71. The average Bonchev–Trinajstić information content (AvgIpc) is 2.95. The average molecular weight is 255 g/mol. The molecule has 0 atom stereocenters. The van der Waals surface area contributed by atoms with Gasteiger partial charge in [-0.05, 0) is 28.8 Å². The minimum Gasteiger partial charge on any atom is -0.315 e. The van der Waals surface area contributed by atoms with Gasteiger partial charge in [-0.3, -0.25) is 4.79 Å². The number of ketones is 1. The molecule has 0 N–H and O–H groups in total. The van der Waals surface area contributed by atoms with Crippen LogP contribution in [0.3, 0.4) is 0 Å². The monoisotopic (exact) mass is 254 g/mol. The van der Waals surface area contributed by atoms with E-state index in [1.54, 1.807) is 0 Å². The van der Waals surface area contributed by atoms with E-state index in [9.17, 15) is 4.79 Å². The van der Waals surface area contributed by atoms with Gasteiger partial charge >= 0.3 is 0 Å². The van der Waals surface area contributed by atoms with E-state index < -0.39 is 0 Å². The van der Waals surface area contributed by atoms with Gasteiger partial charge in [0, 0.05) is 18.8 Å². The van der Waals surface area contributed by atoms with Crippen molar-refractivity contribution in [1.82, 2.24) is 9.55 Å². The highest BCUT2D eigenvalue weighted by Crippen LogP contribution is 2.43. The minimum absolute atomic E-state index is 0.318. The topological polar surface area (TPSA) is 34.9 Å². The SMILES string of the molecule is O=C1CCc2nc(C3CC3)c(Br)n2C1. The van der Waals surface area contributed by atoms with Gasteiger partial charge in [-0.25, -0.2) is 4.98 Å². The number of imidazole rings is 1. The Morgan fingerprint density at radius 1 is 1.36 bits per heavy atom. The third-order valence-electron chi connectivity index (χ3n) is 2.94. The van der Waals surface area contributed by atoms with Crippen LogP contribution in [0.15, 0.2) is 4.60 Å². The standard InChI is InChI=1S/C10H11BrN2O/c11-10-9(6-1-2-6)12-8-4-3-7(14)5-13(8)10/h6H,1-5H2. The lowest BCUT2D eigenvalue weighted by Gasteiger charge is -2.12. The number of hydrogen-bond acceptors (Lipinski definition) is 2. The van der Waals surface area contributed by atoms with Crippen molar-refractivity contribution in [3.8, 4) is 0 Å². The van der Waals surface area contributed by atoms with E-state index in [4.69, 9.17) is 0 Å². The van der Waals surface area contributed by atoms with Crippen molar-refractivity contribution in [1.29, 1.82) is 0 Å². The first-order valence-electron chi connectivity index (χ1n) is 5.02. The molecular formula is C10H11BrN2O. The zero-order valence-corrected chi connectivity index (χ0v) is 9.38. The van der Waals surface area contributed by atoms with Crippen LogP contribution in [0.4, 0.5) is 0 Å². The molecule has 0 amide bonds. The summed E-state index contributed by atoms with van der Waals surface area (Å²) in [5.41, 5.74) is 1.18. The van der Waals surface area contributed by atoms with Crippen LogP contribution in [0.1, 0.15) is 36.7 Å². The molecule has 0 spiro atoms. The second kappa shape index (κ2) is 2.92. The van der Waals surface area contributed by atoms with Crippen LogP contribution in [0.2, 0.25) is 0 Å². The lowest BCUT2D eigenvalue weighted by atomic mass is 10.1. The number of halogens is 1. The summed E-state index contributed by atoms with van der Waals surface area (Å²) in [5.74, 6) is 2.05. The van der Waals surface area contributed by atoms with Gasteiger partial charge in [0.15, 0.2) is 5.78 Å². The number of carbonyl (C=O) groups is 1. The molecule has 3 rings (SSSR count). The third kappa shape index (κ3) is 1.24. The predicted octanol–water partition coefficient (Wildman–Crippen LogP) is 2.04. The van der Waals surface area contributed by atoms with E-state index in [-0.39, 0.29) is 0 Å². The van der Waals surface area contributed by atoms with Gasteiger partial charge in [-0.2, -0.15) is 0 Å². The van der Waals surface area contributed by atoms with Crippen LogP contribution >= 0.6 is 15.9 Å². The number of Topliss-reactive ketones (excluding diaryl/α,β-unsaturated/α-hetero) is 1. The second-order valence-corrected chi connectivity index (χ2v) is 4.85. The molecule has 1 aromatic rings. The summed E-state index contributed by atoms with van der Waals surface area (Å²) in [6, 6.07) is 0. The normalized spacial score (nSPS) is 21.1. The number of fused-ring (bicyclic) bond motifs is 1. The van der Waals surface area contributed by atoms with Gasteiger partial charge in [-0.1, -0.05) is 0 Å². The van der Waals surface area contributed by atoms with E-state index in [0.29, 0.717) is 24.7 Å². The molecule has 3 nitrogen and oxygen atoms in total. The van der Waals surface area contributed by atoms with Gasteiger partial charge < -0.3 is 4.57 Å². The highest BCUT2D eigenvalue weighted by atomic mass is 79.9. The Morgan fingerprint density at radius 3 is 2.86 bits per heavy atom. The molecule has 0 bridgehead atoms. The molecule has 0 radical (unpaired) electrons. The molecule has 4 heteroatoms. The number of carbonyl (C=O) groups excluding carboxylic acids is 1. The summed E-state index contributed by atoms with van der Waals surface area (Å²) in [6.45, 7) is 0.510. The smallest absolute Gasteiger partial charge is 0.153 e. The van der Waals surface area contributed by atoms with E-state index >= 15 is 0 Å². The van der Waals surface area contributed by atoms with Crippen molar-refractivity contribution in [3.05, 3.63) is 16.1 Å². The summed E-state index contributed by atoms with van der Waals surface area (Å²) in [7, 11) is 0. The van der Waals surface area contributed by atoms with E-state index in [1.165, 1.54) is 18.5 Å². The lowest BCUT2D eigenvalue weighted by Crippen LogP contribution is -2.19. The molecule has 14 heavy (non-hydrogen) atoms. The predicted molar refractivity (Wildman–Crippen MR) is 55.2 cm³/mol. The Balaban J connectivity index is 2.06. The van der Waals surface area contributed by atoms with Crippen LogP contribution in [0.25, 0.3) is 0 Å². The highest BCUT2D eigenvalue weighted by Gasteiger charge is 2.32. The van der Waals surface area contributed by atoms with Crippen LogP contribution in [0, 0.1) is 0 Å². The fourth-order valence-electron chi connectivity index (χ4n) is 1.97. The van der Waals surface area contributed by atoms with Crippen molar-refractivity contribution in [2.24, 2.45) is 0 Å². The van der Waals surface area contributed by atoms with Crippen LogP contribution < -0.4 is 0 Å². The van der Waals surface area contributed by atoms with Crippen LogP contribution in [-0.4, -0.2) is 15.3 Å². The Labute approximate surface area is 90.6 Å². The van der Waals surface area contributed by atoms with Crippen molar-refractivity contribution in [2.75, 3.05) is 0 Å². The number of aryl methyl sites for hydroxylation is 1. The molecule has 1 aliphatic carbocycles. The first kappa shape index (κ1) is 8.65. The molecule has 0 aromatic carbocycles. The summed E-state index contributed by atoms with van der Waals surface area (Å²) < 4.78 is 3.07. The highest BCUT2D eigenvalue weighted by molar-refractivity contribution is 9.10. The molecule has 1 aliphatic heterocycles. The fourth-order valence-corrected chi connectivity index (χ4v) is 2.71. The van der Waals surface area contributed by atoms with Crippen LogP contribution in [-0.2, 0) is 17.8 Å². The molecule has 2 aliphatic rings. The number of hydrogen-bond donors (Lipinski definition) is 0. The Morgan fingerprint density at radius 2 is 2.14 bits per heavy atom. The maximum absolute atomic E-state index is 11.3. The summed E-state index contributed by atoms with van der Waals surface area (Å²) in [5, 5.41) is 0. The molecule has 2 heterocycles. The molecule has 74 valence electrons. The Kier molecular flexibility index (Phi) is 1.81. The number of aromatic nitrogens is 2. The number of rotatable bonds is 1. The fraction of sp³-hybridized carbons (Fsp3) is 0.600. The maximum Gasteiger partial charge on any atom is 0.153 e. The maximum atomic E-state index is 11.3. The molecule has 0 saturated heterocycles. The largest absolute Gasteiger partial charge is 0.315 e. The van der Waals surface area contributed by atoms with Gasteiger partial charge in [0.25, 0.3) is 0 Å². The van der Waals surface area contributed by atoms with Gasteiger partial charge in [-0.15, -0.1) is 0 Å². The minimum atomic E-state index is 0.318. The molecule has 1 fully saturated rings. The Hall–Kier alpha value is -0.640. The molecule has 1 aromatic heterocycles. The number of nitrogens with zero attached hydrogens (tertiary/aromatic N) is 2. The van der Waals surface area contributed by atoms with E-state index in [1.807, 2.05) is 4.57 Å². The summed E-state index contributed by atoms with van der Waals surface area (Å²) in [6.07, 6.45) is 3.98. The van der Waals surface area contributed by atoms with E-state index in [0.717, 1.165) is 16.8 Å². The first-order chi connectivity index (χ1) is 6.75. The molecule has 0 unspecified atom stereocenters. The van der Waals surface area contributed by atoms with Gasteiger partial charge in [0.05, 0.1) is 12.2 Å². The van der Waals surface area contributed by atoms with Crippen molar-refractivity contribution in [2.45, 2.75) is 38.1 Å². The lowest BCUT2D eigenvalue weighted by molar-refractivity contribution is -0.120. The summed E-state index contributed by atoms with van der Waals surface area (Å²) in [4.78, 5) is 15.9. The molecular weight excluding hydrogens is 244 g/mol. The summed E-state index contributed by atoms with van der Waals surface area (Å²) >= 11 is 3.55. The quantitative estimate of drug-likeness (QED) is 0.769. The van der Waals surface area contributed by atoms with Crippen molar-refractivity contribution in [3.63, 3.8) is 0 Å². The van der Waals surface area contributed by atoms with Gasteiger partial charge in [0.2, 0.25) is 0 Å². The second-order valence-electron chi connectivity index (χ2n) is 4.10. The van der Waals surface area contributed by atoms with Crippen LogP contribution in [0.5, 0.6) is 0 Å². The zero-order valence-electron chi connectivity index (χ0n) is 7.79. The third-order valence-corrected chi connectivity index (χ3v) is 3.77. The first-order valence-corrected chi connectivity index (χ1v) is 5.81. The van der Waals surface area contributed by atoms with Crippen molar-refractivity contribution >= 4 is 21.7 Å². The van der Waals surface area contributed by atoms with E-state index in [2.05, 4.69) is 20.9 Å². The van der Waals surface area contributed by atoms with Crippen molar-refractivity contribution < 1.29 is 4.79 Å². The molecule has 1 saturated carbocycles. The Bertz CT molecular complexity index is 406.